The first-order valence-corrected chi connectivity index (χ1v) is 5.86. The van der Waals surface area contributed by atoms with Crippen molar-refractivity contribution in [2.45, 2.75) is 6.54 Å². The molecule has 9 nitrogen and oxygen atoms in total. The second-order valence-corrected chi connectivity index (χ2v) is 4.51. The van der Waals surface area contributed by atoms with Crippen molar-refractivity contribution in [1.82, 2.24) is 25.1 Å². The molecule has 9 heteroatoms. The largest absolute Gasteiger partial charge is 0.339 e. The molecule has 3 rings (SSSR count). The summed E-state index contributed by atoms with van der Waals surface area (Å²) >= 11 is 0. The van der Waals surface area contributed by atoms with Crippen molar-refractivity contribution in [3.8, 4) is 0 Å². The Morgan fingerprint density at radius 1 is 1.45 bits per heavy atom. The highest BCUT2D eigenvalue weighted by Gasteiger charge is 2.28. The number of aromatic amines is 1. The highest BCUT2D eigenvalue weighted by molar-refractivity contribution is 6.06. The van der Waals surface area contributed by atoms with E-state index in [0.29, 0.717) is 18.8 Å². The van der Waals surface area contributed by atoms with Gasteiger partial charge < -0.3 is 9.47 Å². The highest BCUT2D eigenvalue weighted by Crippen LogP contribution is 2.23. The Bertz CT molecular complexity index is 790. The van der Waals surface area contributed by atoms with Crippen LogP contribution in [0.3, 0.4) is 0 Å². The second kappa shape index (κ2) is 4.17. The molecule has 0 unspecified atom stereocenters. The van der Waals surface area contributed by atoms with Crippen molar-refractivity contribution < 1.29 is 14.8 Å². The maximum atomic E-state index is 12.1. The number of H-pyrrole nitrogens is 1. The van der Waals surface area contributed by atoms with Crippen LogP contribution in [0.25, 0.3) is 10.9 Å². The van der Waals surface area contributed by atoms with Crippen molar-refractivity contribution in [2.24, 2.45) is 0 Å². The Labute approximate surface area is 111 Å². The molecular formula is C11H11N5O4. The third-order valence-corrected chi connectivity index (χ3v) is 3.38. The van der Waals surface area contributed by atoms with Gasteiger partial charge in [0.25, 0.3) is 17.4 Å². The molecule has 1 aliphatic rings. The fraction of sp³-hybridized carbons (Fsp3) is 0.273. The van der Waals surface area contributed by atoms with E-state index in [1.165, 1.54) is 16.4 Å². The molecule has 0 fully saturated rings. The van der Waals surface area contributed by atoms with Crippen LogP contribution in [-0.2, 0) is 6.54 Å². The summed E-state index contributed by atoms with van der Waals surface area (Å²) in [4.78, 5) is 37.0. The van der Waals surface area contributed by atoms with Crippen LogP contribution >= 0.6 is 0 Å². The van der Waals surface area contributed by atoms with Gasteiger partial charge in [0.1, 0.15) is 5.69 Å². The molecule has 0 saturated heterocycles. The molecule has 0 radical (unpaired) electrons. The smallest absolute Gasteiger partial charge is 0.297 e. The fourth-order valence-electron chi connectivity index (χ4n) is 2.36. The number of likely N-dealkylation sites (N-methyl/N-ethyl adjacent to an activating group) is 1. The minimum Gasteiger partial charge on any atom is -0.339 e. The molecule has 1 aliphatic heterocycles. The second-order valence-electron chi connectivity index (χ2n) is 4.51. The summed E-state index contributed by atoms with van der Waals surface area (Å²) in [6.07, 6.45) is 0. The van der Waals surface area contributed by atoms with Gasteiger partial charge in [-0.15, -0.1) is 0 Å². The number of carbonyl (C=O) groups is 2. The first-order chi connectivity index (χ1) is 9.54. The molecule has 0 atom stereocenters. The minimum absolute atomic E-state index is 0.134. The number of carbonyl (C=O) groups excluding carboxylic acids is 2. The van der Waals surface area contributed by atoms with Crippen molar-refractivity contribution in [2.75, 3.05) is 13.6 Å². The number of nitrogens with zero attached hydrogens (tertiary/aromatic N) is 3. The molecule has 3 heterocycles. The highest BCUT2D eigenvalue weighted by atomic mass is 16.5. The molecule has 2 aromatic heterocycles. The normalized spacial score (nSPS) is 14.5. The molecule has 2 amide bonds. The van der Waals surface area contributed by atoms with Crippen LogP contribution in [0.4, 0.5) is 0 Å². The first-order valence-electron chi connectivity index (χ1n) is 5.86. The molecule has 0 spiro atoms. The van der Waals surface area contributed by atoms with E-state index in [1.54, 1.807) is 11.6 Å². The third kappa shape index (κ3) is 1.53. The third-order valence-electron chi connectivity index (χ3n) is 3.38. The zero-order chi connectivity index (χ0) is 14.4. The lowest BCUT2D eigenvalue weighted by Crippen LogP contribution is -2.37. The molecular weight excluding hydrogens is 266 g/mol. The Morgan fingerprint density at radius 3 is 2.90 bits per heavy atom. The van der Waals surface area contributed by atoms with Gasteiger partial charge in [0.2, 0.25) is 0 Å². The van der Waals surface area contributed by atoms with E-state index < -0.39 is 11.5 Å². The van der Waals surface area contributed by atoms with Gasteiger partial charge in [-0.1, -0.05) is 0 Å². The quantitative estimate of drug-likeness (QED) is 0.453. The lowest BCUT2D eigenvalue weighted by molar-refractivity contribution is 0.0698. The van der Waals surface area contributed by atoms with E-state index >= 15 is 0 Å². The van der Waals surface area contributed by atoms with Crippen molar-refractivity contribution in [3.63, 3.8) is 0 Å². The van der Waals surface area contributed by atoms with E-state index in [2.05, 4.69) is 10.2 Å². The maximum Gasteiger partial charge on any atom is 0.297 e. The molecule has 0 saturated carbocycles. The number of hydroxylamine groups is 1. The van der Waals surface area contributed by atoms with Crippen molar-refractivity contribution in [3.05, 3.63) is 27.8 Å². The summed E-state index contributed by atoms with van der Waals surface area (Å²) in [5.41, 5.74) is 1.42. The summed E-state index contributed by atoms with van der Waals surface area (Å²) in [5, 5.41) is 14.8. The molecule has 0 aliphatic carbocycles. The van der Waals surface area contributed by atoms with E-state index in [1.807, 2.05) is 0 Å². The Kier molecular flexibility index (Phi) is 2.57. The number of nitrogens with one attached hydrogen (secondary N) is 2. The Morgan fingerprint density at radius 2 is 2.20 bits per heavy atom. The van der Waals surface area contributed by atoms with Crippen molar-refractivity contribution >= 4 is 22.7 Å². The summed E-state index contributed by atoms with van der Waals surface area (Å²) in [5.74, 6) is -1.08. The van der Waals surface area contributed by atoms with Gasteiger partial charge in [-0.2, -0.15) is 5.10 Å². The van der Waals surface area contributed by atoms with Gasteiger partial charge in [0.05, 0.1) is 10.9 Å². The van der Waals surface area contributed by atoms with E-state index in [0.717, 1.165) is 0 Å². The molecule has 3 N–H and O–H groups in total. The monoisotopic (exact) mass is 277 g/mol. The Balaban J connectivity index is 2.39. The van der Waals surface area contributed by atoms with Crippen LogP contribution in [0.1, 0.15) is 21.0 Å². The zero-order valence-electron chi connectivity index (χ0n) is 10.5. The number of rotatable bonds is 1. The summed E-state index contributed by atoms with van der Waals surface area (Å²) in [6, 6.07) is 1.43. The standard InChI is InChI=1S/C11H11N5O4/c1-15-2-3-16-6(11(15)19)4-5-8(16)7(10(18)14-20)12-13-9(5)17/h4,20H,2-3H2,1H3,(H,13,17)(H,14,18). The average molecular weight is 277 g/mol. The predicted octanol–water partition coefficient (Wildman–Crippen LogP) is -1.07. The topological polar surface area (TPSA) is 120 Å². The van der Waals surface area contributed by atoms with Gasteiger partial charge in [0.15, 0.2) is 5.69 Å². The SMILES string of the molecule is CN1CCn2c(cc3c(=O)[nH]nc(C(=O)NO)c32)C1=O. The van der Waals surface area contributed by atoms with E-state index in [9.17, 15) is 14.4 Å². The lowest BCUT2D eigenvalue weighted by atomic mass is 10.2. The first kappa shape index (κ1) is 12.4. The van der Waals surface area contributed by atoms with Gasteiger partial charge in [-0.25, -0.2) is 10.6 Å². The summed E-state index contributed by atoms with van der Waals surface area (Å²) < 4.78 is 1.57. The maximum absolute atomic E-state index is 12.1. The molecule has 0 aromatic carbocycles. The lowest BCUT2D eigenvalue weighted by Gasteiger charge is -2.24. The number of amides is 2. The molecule has 2 aromatic rings. The van der Waals surface area contributed by atoms with Crippen LogP contribution in [0, 0.1) is 0 Å². The van der Waals surface area contributed by atoms with E-state index in [-0.39, 0.29) is 22.5 Å². The molecule has 0 bridgehead atoms. The van der Waals surface area contributed by atoms with Crippen molar-refractivity contribution in [1.29, 1.82) is 0 Å². The average Bonchev–Trinajstić information content (AvgIpc) is 2.84. The number of hydrogen-bond donors (Lipinski definition) is 3. The molecule has 104 valence electrons. The van der Waals surface area contributed by atoms with Crippen LogP contribution in [-0.4, -0.2) is 50.3 Å². The minimum atomic E-state index is -0.849. The molecule has 20 heavy (non-hydrogen) atoms. The fourth-order valence-corrected chi connectivity index (χ4v) is 2.36. The predicted molar refractivity (Wildman–Crippen MR) is 66.6 cm³/mol. The zero-order valence-corrected chi connectivity index (χ0v) is 10.5. The summed E-state index contributed by atoms with van der Waals surface area (Å²) in [7, 11) is 1.66. The van der Waals surface area contributed by atoms with Gasteiger partial charge in [-0.3, -0.25) is 19.6 Å². The number of hydrogen-bond acceptors (Lipinski definition) is 5. The summed E-state index contributed by atoms with van der Waals surface area (Å²) in [6.45, 7) is 0.903. The van der Waals surface area contributed by atoms with Crippen LogP contribution in [0.5, 0.6) is 0 Å². The van der Waals surface area contributed by atoms with Crippen LogP contribution in [0.15, 0.2) is 10.9 Å². The van der Waals surface area contributed by atoms with Gasteiger partial charge >= 0.3 is 0 Å². The number of fused-ring (bicyclic) bond motifs is 3. The van der Waals surface area contributed by atoms with Crippen LogP contribution in [0.2, 0.25) is 0 Å². The van der Waals surface area contributed by atoms with Gasteiger partial charge in [0, 0.05) is 20.1 Å². The number of aromatic nitrogens is 3. The van der Waals surface area contributed by atoms with E-state index in [4.69, 9.17) is 5.21 Å². The van der Waals surface area contributed by atoms with Crippen LogP contribution < -0.4 is 11.0 Å². The van der Waals surface area contributed by atoms with Gasteiger partial charge in [-0.05, 0) is 6.07 Å². The Hall–Kier alpha value is -2.68.